The van der Waals surface area contributed by atoms with Gasteiger partial charge >= 0.3 is 0 Å². The highest BCUT2D eigenvalue weighted by Crippen LogP contribution is 2.36. The third kappa shape index (κ3) is 3.81. The van der Waals surface area contributed by atoms with Crippen LogP contribution in [-0.4, -0.2) is 28.3 Å². The summed E-state index contributed by atoms with van der Waals surface area (Å²) in [5, 5.41) is 8.69. The number of hydrazone groups is 1. The highest BCUT2D eigenvalue weighted by atomic mass is 35.5. The van der Waals surface area contributed by atoms with Crippen LogP contribution < -0.4 is 10.2 Å². The molecule has 0 saturated carbocycles. The summed E-state index contributed by atoms with van der Waals surface area (Å²) in [6.45, 7) is 0. The van der Waals surface area contributed by atoms with E-state index < -0.39 is 0 Å². The monoisotopic (exact) mass is 445 g/mol. The standard InChI is InChI=1S/C23H16ClN5OS/c1-30-17-8-7-15-9-16(21(24)28-19(15)10-17)11-27-29-22-20-18(14-5-3-2-4-6-14)12-31-23(20)26-13-25-22/h2-13H,1H3,(H,25,26,29)/b27-11-. The van der Waals surface area contributed by atoms with E-state index in [4.69, 9.17) is 16.3 Å². The minimum absolute atomic E-state index is 0.361. The Balaban J connectivity index is 1.47. The van der Waals surface area contributed by atoms with Crippen molar-refractivity contribution in [1.29, 1.82) is 0 Å². The smallest absolute Gasteiger partial charge is 0.159 e. The first-order chi connectivity index (χ1) is 15.2. The predicted molar refractivity (Wildman–Crippen MR) is 127 cm³/mol. The minimum atomic E-state index is 0.361. The van der Waals surface area contributed by atoms with Crippen LogP contribution in [0.5, 0.6) is 5.75 Å². The fourth-order valence-corrected chi connectivity index (χ4v) is 4.42. The van der Waals surface area contributed by atoms with Gasteiger partial charge in [-0.2, -0.15) is 5.10 Å². The van der Waals surface area contributed by atoms with Gasteiger partial charge < -0.3 is 4.74 Å². The molecule has 0 spiro atoms. The maximum absolute atomic E-state index is 6.37. The van der Waals surface area contributed by atoms with Crippen LogP contribution in [0.4, 0.5) is 5.82 Å². The molecule has 5 rings (SSSR count). The lowest BCUT2D eigenvalue weighted by Gasteiger charge is -2.06. The average molecular weight is 446 g/mol. The molecule has 0 radical (unpaired) electrons. The first-order valence-electron chi connectivity index (χ1n) is 9.44. The van der Waals surface area contributed by atoms with Gasteiger partial charge in [0.1, 0.15) is 22.1 Å². The van der Waals surface area contributed by atoms with Gasteiger partial charge in [0.15, 0.2) is 5.82 Å². The van der Waals surface area contributed by atoms with Gasteiger partial charge in [-0.05, 0) is 23.8 Å². The fraction of sp³-hybridized carbons (Fsp3) is 0.0435. The van der Waals surface area contributed by atoms with E-state index in [-0.39, 0.29) is 0 Å². The lowest BCUT2D eigenvalue weighted by Crippen LogP contribution is -1.97. The lowest BCUT2D eigenvalue weighted by molar-refractivity contribution is 0.415. The molecule has 2 aromatic carbocycles. The summed E-state index contributed by atoms with van der Waals surface area (Å²) in [6.07, 6.45) is 3.17. The van der Waals surface area contributed by atoms with Crippen LogP contribution in [0.2, 0.25) is 5.15 Å². The molecule has 3 heterocycles. The molecule has 0 amide bonds. The second kappa shape index (κ2) is 8.29. The molecule has 0 aliphatic rings. The number of halogens is 1. The molecule has 0 aliphatic heterocycles. The van der Waals surface area contributed by atoms with Crippen molar-refractivity contribution in [2.75, 3.05) is 12.5 Å². The number of aromatic nitrogens is 3. The van der Waals surface area contributed by atoms with E-state index in [0.29, 0.717) is 16.5 Å². The van der Waals surface area contributed by atoms with Gasteiger partial charge in [-0.3, -0.25) is 5.43 Å². The first kappa shape index (κ1) is 19.4. The van der Waals surface area contributed by atoms with Gasteiger partial charge in [-0.15, -0.1) is 11.3 Å². The number of fused-ring (bicyclic) bond motifs is 2. The molecule has 3 aromatic heterocycles. The highest BCUT2D eigenvalue weighted by molar-refractivity contribution is 7.17. The van der Waals surface area contributed by atoms with Crippen molar-refractivity contribution < 1.29 is 4.74 Å². The number of benzene rings is 2. The number of methoxy groups -OCH3 is 1. The zero-order chi connectivity index (χ0) is 21.2. The molecule has 1 N–H and O–H groups in total. The molecule has 0 saturated heterocycles. The Morgan fingerprint density at radius 3 is 2.81 bits per heavy atom. The molecular formula is C23H16ClN5OS. The molecule has 6 nitrogen and oxygen atoms in total. The van der Waals surface area contributed by atoms with Crippen LogP contribution in [0, 0.1) is 0 Å². The second-order valence-corrected chi connectivity index (χ2v) is 7.93. The van der Waals surface area contributed by atoms with Crippen molar-refractivity contribution in [2.24, 2.45) is 5.10 Å². The maximum atomic E-state index is 6.37. The van der Waals surface area contributed by atoms with Crippen LogP contribution in [-0.2, 0) is 0 Å². The topological polar surface area (TPSA) is 72.3 Å². The molecule has 0 aliphatic carbocycles. The quantitative estimate of drug-likeness (QED) is 0.203. The van der Waals surface area contributed by atoms with Crippen molar-refractivity contribution in [3.8, 4) is 16.9 Å². The van der Waals surface area contributed by atoms with Gasteiger partial charge in [0, 0.05) is 28.0 Å². The highest BCUT2D eigenvalue weighted by Gasteiger charge is 2.12. The van der Waals surface area contributed by atoms with E-state index in [1.54, 1.807) is 24.7 Å². The zero-order valence-electron chi connectivity index (χ0n) is 16.4. The largest absolute Gasteiger partial charge is 0.497 e. The van der Waals surface area contributed by atoms with Crippen molar-refractivity contribution >= 4 is 56.1 Å². The van der Waals surface area contributed by atoms with Gasteiger partial charge in [0.05, 0.1) is 24.2 Å². The van der Waals surface area contributed by atoms with Crippen molar-refractivity contribution in [2.45, 2.75) is 0 Å². The van der Waals surface area contributed by atoms with Crippen LogP contribution >= 0.6 is 22.9 Å². The SMILES string of the molecule is COc1ccc2cc(/C=N\Nc3ncnc4scc(-c5ccccc5)c34)c(Cl)nc2c1. The number of nitrogens with zero attached hydrogens (tertiary/aromatic N) is 4. The fourth-order valence-electron chi connectivity index (χ4n) is 3.31. The summed E-state index contributed by atoms with van der Waals surface area (Å²) in [4.78, 5) is 14.1. The summed E-state index contributed by atoms with van der Waals surface area (Å²) >= 11 is 7.94. The Morgan fingerprint density at radius 1 is 1.10 bits per heavy atom. The van der Waals surface area contributed by atoms with Gasteiger partial charge in [0.2, 0.25) is 0 Å². The van der Waals surface area contributed by atoms with E-state index in [1.807, 2.05) is 42.5 Å². The number of rotatable bonds is 5. The number of ether oxygens (including phenoxy) is 1. The number of anilines is 1. The maximum Gasteiger partial charge on any atom is 0.159 e. The first-order valence-corrected chi connectivity index (χ1v) is 10.7. The zero-order valence-corrected chi connectivity index (χ0v) is 18.0. The molecular weight excluding hydrogens is 430 g/mol. The summed E-state index contributed by atoms with van der Waals surface area (Å²) < 4.78 is 5.25. The number of pyridine rings is 1. The van der Waals surface area contributed by atoms with E-state index in [9.17, 15) is 0 Å². The summed E-state index contributed by atoms with van der Waals surface area (Å²) in [7, 11) is 1.62. The van der Waals surface area contributed by atoms with E-state index >= 15 is 0 Å². The molecule has 0 fully saturated rings. The molecule has 0 bridgehead atoms. The summed E-state index contributed by atoms with van der Waals surface area (Å²) in [5.74, 6) is 1.37. The van der Waals surface area contributed by atoms with Gasteiger partial charge in [0.25, 0.3) is 0 Å². The van der Waals surface area contributed by atoms with E-state index in [0.717, 1.165) is 38.0 Å². The normalized spacial score (nSPS) is 11.4. The minimum Gasteiger partial charge on any atom is -0.497 e. The third-order valence-corrected chi connectivity index (χ3v) is 6.02. The number of hydrogen-bond acceptors (Lipinski definition) is 7. The summed E-state index contributed by atoms with van der Waals surface area (Å²) in [6, 6.07) is 17.8. The van der Waals surface area contributed by atoms with Crippen molar-refractivity contribution in [1.82, 2.24) is 15.0 Å². The summed E-state index contributed by atoms with van der Waals surface area (Å²) in [5.41, 5.74) is 6.68. The van der Waals surface area contributed by atoms with Crippen molar-refractivity contribution in [3.05, 3.63) is 77.0 Å². The van der Waals surface area contributed by atoms with Crippen LogP contribution in [0.15, 0.2) is 71.4 Å². The number of nitrogens with one attached hydrogen (secondary N) is 1. The number of hydrogen-bond donors (Lipinski definition) is 1. The van der Waals surface area contributed by atoms with Crippen LogP contribution in [0.1, 0.15) is 5.56 Å². The average Bonchev–Trinajstić information content (AvgIpc) is 3.25. The van der Waals surface area contributed by atoms with Gasteiger partial charge in [-0.1, -0.05) is 41.9 Å². The Labute approximate surface area is 187 Å². The van der Waals surface area contributed by atoms with E-state index in [2.05, 4.69) is 43.0 Å². The Bertz CT molecular complexity index is 1420. The van der Waals surface area contributed by atoms with Crippen LogP contribution in [0.3, 0.4) is 0 Å². The second-order valence-electron chi connectivity index (χ2n) is 6.71. The predicted octanol–water partition coefficient (Wildman–Crippen LogP) is 6.01. The molecule has 152 valence electrons. The van der Waals surface area contributed by atoms with Crippen LogP contribution in [0.25, 0.3) is 32.2 Å². The van der Waals surface area contributed by atoms with Gasteiger partial charge in [-0.25, -0.2) is 15.0 Å². The number of thiophene rings is 1. The third-order valence-electron chi connectivity index (χ3n) is 4.83. The van der Waals surface area contributed by atoms with E-state index in [1.165, 1.54) is 6.33 Å². The molecule has 8 heteroatoms. The molecule has 5 aromatic rings. The van der Waals surface area contributed by atoms with Crippen molar-refractivity contribution in [3.63, 3.8) is 0 Å². The molecule has 0 atom stereocenters. The Hall–Kier alpha value is -3.55. The lowest BCUT2D eigenvalue weighted by atomic mass is 10.1. The molecule has 31 heavy (non-hydrogen) atoms. The Morgan fingerprint density at radius 2 is 1.97 bits per heavy atom. The Kier molecular flexibility index (Phi) is 5.19. The molecule has 0 unspecified atom stereocenters.